The Hall–Kier alpha value is -0.210. The quantitative estimate of drug-likeness (QED) is 0.818. The van der Waals surface area contributed by atoms with E-state index in [9.17, 15) is 8.42 Å². The van der Waals surface area contributed by atoms with E-state index in [0.717, 1.165) is 0 Å². The molecule has 1 fully saturated rings. The maximum absolute atomic E-state index is 12.3. The van der Waals surface area contributed by atoms with Crippen molar-refractivity contribution in [3.05, 3.63) is 21.9 Å². The van der Waals surface area contributed by atoms with Gasteiger partial charge in [0.1, 0.15) is 4.90 Å². The largest absolute Gasteiger partial charge is 0.379 e. The number of nitrogens with zero attached hydrogens (tertiary/aromatic N) is 2. The molecule has 1 aromatic rings. The molecular formula is C9H10BrClN2O3S. The van der Waals surface area contributed by atoms with E-state index in [0.29, 0.717) is 30.8 Å². The zero-order valence-electron chi connectivity index (χ0n) is 8.77. The van der Waals surface area contributed by atoms with Crippen molar-refractivity contribution in [1.29, 1.82) is 0 Å². The lowest BCUT2D eigenvalue weighted by molar-refractivity contribution is 0.0730. The van der Waals surface area contributed by atoms with Crippen LogP contribution in [0.2, 0.25) is 5.02 Å². The van der Waals surface area contributed by atoms with Crippen molar-refractivity contribution in [3.8, 4) is 0 Å². The second-order valence-electron chi connectivity index (χ2n) is 3.45. The topological polar surface area (TPSA) is 59.5 Å². The number of pyridine rings is 1. The molecule has 0 unspecified atom stereocenters. The van der Waals surface area contributed by atoms with Crippen molar-refractivity contribution in [1.82, 2.24) is 9.29 Å². The fourth-order valence-corrected chi connectivity index (χ4v) is 3.80. The number of rotatable bonds is 2. The van der Waals surface area contributed by atoms with Gasteiger partial charge in [0, 0.05) is 25.5 Å². The molecule has 0 amide bonds. The number of ether oxygens (including phenoxy) is 1. The molecule has 0 N–H and O–H groups in total. The molecule has 1 saturated heterocycles. The summed E-state index contributed by atoms with van der Waals surface area (Å²) in [6.45, 7) is 1.48. The Kier molecular flexibility index (Phi) is 4.04. The first-order valence-corrected chi connectivity index (χ1v) is 7.51. The van der Waals surface area contributed by atoms with Crippen molar-refractivity contribution in [2.24, 2.45) is 0 Å². The van der Waals surface area contributed by atoms with Crippen molar-refractivity contribution in [2.75, 3.05) is 26.3 Å². The number of hydrogen-bond donors (Lipinski definition) is 0. The van der Waals surface area contributed by atoms with Crippen LogP contribution in [0.1, 0.15) is 0 Å². The molecule has 0 saturated carbocycles. The van der Waals surface area contributed by atoms with E-state index >= 15 is 0 Å². The summed E-state index contributed by atoms with van der Waals surface area (Å²) in [7, 11) is -3.59. The van der Waals surface area contributed by atoms with Crippen molar-refractivity contribution >= 4 is 37.6 Å². The molecule has 0 bridgehead atoms. The van der Waals surface area contributed by atoms with Gasteiger partial charge in [0.15, 0.2) is 0 Å². The molecular weight excluding hydrogens is 332 g/mol. The number of hydrogen-bond acceptors (Lipinski definition) is 4. The van der Waals surface area contributed by atoms with Gasteiger partial charge in [-0.05, 0) is 15.9 Å². The second kappa shape index (κ2) is 5.19. The molecule has 1 aliphatic heterocycles. The van der Waals surface area contributed by atoms with E-state index in [4.69, 9.17) is 16.3 Å². The molecule has 0 atom stereocenters. The fraction of sp³-hybridized carbons (Fsp3) is 0.444. The van der Waals surface area contributed by atoms with Crippen LogP contribution in [-0.2, 0) is 14.8 Å². The molecule has 2 rings (SSSR count). The third-order valence-electron chi connectivity index (χ3n) is 2.39. The van der Waals surface area contributed by atoms with Crippen LogP contribution < -0.4 is 0 Å². The van der Waals surface area contributed by atoms with E-state index in [2.05, 4.69) is 20.9 Å². The van der Waals surface area contributed by atoms with Gasteiger partial charge in [-0.15, -0.1) is 0 Å². The van der Waals surface area contributed by atoms with Crippen LogP contribution in [0.15, 0.2) is 21.8 Å². The second-order valence-corrected chi connectivity index (χ2v) is 6.59. The Bertz CT molecular complexity index is 517. The molecule has 1 aromatic heterocycles. The first kappa shape index (κ1) is 13.2. The smallest absolute Gasteiger partial charge is 0.246 e. The van der Waals surface area contributed by atoms with Crippen LogP contribution in [0.25, 0.3) is 0 Å². The van der Waals surface area contributed by atoms with Crippen LogP contribution >= 0.6 is 27.5 Å². The summed E-state index contributed by atoms with van der Waals surface area (Å²) in [5, 5.41) is 0.159. The van der Waals surface area contributed by atoms with E-state index < -0.39 is 10.0 Å². The average molecular weight is 342 g/mol. The lowest BCUT2D eigenvalue weighted by Gasteiger charge is -2.26. The SMILES string of the molecule is O=S(=O)(c1cncc(Br)c1Cl)N1CCOCC1. The lowest BCUT2D eigenvalue weighted by atomic mass is 10.5. The van der Waals surface area contributed by atoms with Crippen molar-refractivity contribution in [2.45, 2.75) is 4.90 Å². The summed E-state index contributed by atoms with van der Waals surface area (Å²) < 4.78 is 31.5. The van der Waals surface area contributed by atoms with Gasteiger partial charge in [-0.3, -0.25) is 4.98 Å². The van der Waals surface area contributed by atoms with E-state index in [1.165, 1.54) is 16.7 Å². The summed E-state index contributed by atoms with van der Waals surface area (Å²) in [6, 6.07) is 0. The highest BCUT2D eigenvalue weighted by molar-refractivity contribution is 9.10. The van der Waals surface area contributed by atoms with Crippen LogP contribution in [0.3, 0.4) is 0 Å². The number of morpholine rings is 1. The maximum atomic E-state index is 12.3. The highest BCUT2D eigenvalue weighted by atomic mass is 79.9. The van der Waals surface area contributed by atoms with Gasteiger partial charge in [-0.1, -0.05) is 11.6 Å². The normalized spacial score (nSPS) is 18.2. The molecule has 0 spiro atoms. The Labute approximate surface area is 113 Å². The third-order valence-corrected chi connectivity index (χ3v) is 5.65. The number of aromatic nitrogens is 1. The molecule has 0 aliphatic carbocycles. The summed E-state index contributed by atoms with van der Waals surface area (Å²) in [5.74, 6) is 0. The van der Waals surface area contributed by atoms with E-state index in [1.54, 1.807) is 0 Å². The van der Waals surface area contributed by atoms with Crippen LogP contribution in [0.5, 0.6) is 0 Å². The highest BCUT2D eigenvalue weighted by Crippen LogP contribution is 2.30. The van der Waals surface area contributed by atoms with Gasteiger partial charge < -0.3 is 4.74 Å². The molecule has 0 radical (unpaired) electrons. The molecule has 1 aliphatic rings. The van der Waals surface area contributed by atoms with Gasteiger partial charge in [0.05, 0.1) is 22.7 Å². The zero-order chi connectivity index (χ0) is 12.5. The molecule has 8 heteroatoms. The lowest BCUT2D eigenvalue weighted by Crippen LogP contribution is -2.40. The molecule has 94 valence electrons. The maximum Gasteiger partial charge on any atom is 0.246 e. The Morgan fingerprint density at radius 3 is 2.65 bits per heavy atom. The Morgan fingerprint density at radius 1 is 1.35 bits per heavy atom. The molecule has 2 heterocycles. The Morgan fingerprint density at radius 2 is 2.00 bits per heavy atom. The van der Waals surface area contributed by atoms with Gasteiger partial charge in [-0.25, -0.2) is 8.42 Å². The van der Waals surface area contributed by atoms with Crippen LogP contribution in [-0.4, -0.2) is 44.0 Å². The van der Waals surface area contributed by atoms with E-state index in [-0.39, 0.29) is 9.92 Å². The molecule has 5 nitrogen and oxygen atoms in total. The molecule has 0 aromatic carbocycles. The minimum Gasteiger partial charge on any atom is -0.379 e. The monoisotopic (exact) mass is 340 g/mol. The van der Waals surface area contributed by atoms with Crippen LogP contribution in [0.4, 0.5) is 0 Å². The third kappa shape index (κ3) is 2.63. The van der Waals surface area contributed by atoms with Gasteiger partial charge in [0.2, 0.25) is 10.0 Å². The zero-order valence-corrected chi connectivity index (χ0v) is 11.9. The summed E-state index contributed by atoms with van der Waals surface area (Å²) in [5.41, 5.74) is 0. The summed E-state index contributed by atoms with van der Waals surface area (Å²) in [6.07, 6.45) is 2.72. The highest BCUT2D eigenvalue weighted by Gasteiger charge is 2.29. The van der Waals surface area contributed by atoms with Gasteiger partial charge in [0.25, 0.3) is 0 Å². The first-order chi connectivity index (χ1) is 8.03. The van der Waals surface area contributed by atoms with Crippen molar-refractivity contribution < 1.29 is 13.2 Å². The van der Waals surface area contributed by atoms with Gasteiger partial charge >= 0.3 is 0 Å². The first-order valence-electron chi connectivity index (χ1n) is 4.90. The Balaban J connectivity index is 2.40. The van der Waals surface area contributed by atoms with Crippen LogP contribution in [0, 0.1) is 0 Å². The standard InChI is InChI=1S/C9H10BrClN2O3S/c10-7-5-12-6-8(9(7)11)17(14,15)13-1-3-16-4-2-13/h5-6H,1-4H2. The number of sulfonamides is 1. The van der Waals surface area contributed by atoms with E-state index in [1.807, 2.05) is 0 Å². The van der Waals surface area contributed by atoms with Crippen molar-refractivity contribution in [3.63, 3.8) is 0 Å². The predicted octanol–water partition coefficient (Wildman–Crippen LogP) is 1.52. The minimum absolute atomic E-state index is 0.0236. The minimum atomic E-state index is -3.59. The molecule has 17 heavy (non-hydrogen) atoms. The summed E-state index contributed by atoms with van der Waals surface area (Å²) in [4.78, 5) is 3.86. The fourth-order valence-electron chi connectivity index (χ4n) is 1.51. The van der Waals surface area contributed by atoms with Gasteiger partial charge in [-0.2, -0.15) is 4.31 Å². The predicted molar refractivity (Wildman–Crippen MR) is 66.5 cm³/mol. The summed E-state index contributed by atoms with van der Waals surface area (Å²) >= 11 is 9.13. The number of halogens is 2. The average Bonchev–Trinajstić information content (AvgIpc) is 2.33.